The van der Waals surface area contributed by atoms with Crippen LogP contribution in [0, 0.1) is 5.82 Å². The van der Waals surface area contributed by atoms with Gasteiger partial charge in [0.15, 0.2) is 0 Å². The van der Waals surface area contributed by atoms with Crippen molar-refractivity contribution in [2.24, 2.45) is 0 Å². The SMILES string of the molecule is CCS(=O)(=O)Nc1cc(-c2ccc3ncnc(Nc4ccc(F)c(C(=O)OC)c4)c3c2)cnc1OC. The van der Waals surface area contributed by atoms with Crippen molar-refractivity contribution in [3.05, 3.63) is 66.4 Å². The molecular weight excluding hydrogens is 489 g/mol. The molecule has 36 heavy (non-hydrogen) atoms. The molecule has 0 amide bonds. The summed E-state index contributed by atoms with van der Waals surface area (Å²) in [6.45, 7) is 1.53. The van der Waals surface area contributed by atoms with E-state index in [2.05, 4.69) is 29.7 Å². The smallest absolute Gasteiger partial charge is 0.340 e. The fourth-order valence-corrected chi connectivity index (χ4v) is 4.05. The highest BCUT2D eigenvalue weighted by atomic mass is 32.2. The maximum atomic E-state index is 14.0. The Labute approximate surface area is 206 Å². The molecule has 0 aliphatic rings. The lowest BCUT2D eigenvalue weighted by atomic mass is 10.0. The zero-order valence-electron chi connectivity index (χ0n) is 19.6. The number of carbonyl (C=O) groups excluding carboxylic acids is 1. The second-order valence-corrected chi connectivity index (χ2v) is 9.56. The van der Waals surface area contributed by atoms with Gasteiger partial charge in [0.1, 0.15) is 23.6 Å². The van der Waals surface area contributed by atoms with E-state index >= 15 is 0 Å². The summed E-state index contributed by atoms with van der Waals surface area (Å²) in [4.78, 5) is 24.7. The van der Waals surface area contributed by atoms with Gasteiger partial charge in [-0.2, -0.15) is 0 Å². The molecule has 12 heteroatoms. The van der Waals surface area contributed by atoms with Gasteiger partial charge in [-0.15, -0.1) is 0 Å². The van der Waals surface area contributed by atoms with Crippen molar-refractivity contribution in [1.82, 2.24) is 15.0 Å². The number of rotatable bonds is 8. The number of esters is 1. The summed E-state index contributed by atoms with van der Waals surface area (Å²) in [6.07, 6.45) is 2.94. The highest BCUT2D eigenvalue weighted by Crippen LogP contribution is 2.32. The highest BCUT2D eigenvalue weighted by Gasteiger charge is 2.16. The molecule has 0 saturated carbocycles. The zero-order valence-corrected chi connectivity index (χ0v) is 20.4. The Bertz CT molecular complexity index is 1560. The quantitative estimate of drug-likeness (QED) is 0.335. The molecular formula is C24H22FN5O5S. The molecule has 2 aromatic carbocycles. The van der Waals surface area contributed by atoms with Crippen LogP contribution in [0.25, 0.3) is 22.0 Å². The highest BCUT2D eigenvalue weighted by molar-refractivity contribution is 7.92. The lowest BCUT2D eigenvalue weighted by Crippen LogP contribution is -2.15. The third-order valence-electron chi connectivity index (χ3n) is 5.29. The van der Waals surface area contributed by atoms with E-state index < -0.39 is 21.8 Å². The molecule has 0 aliphatic heterocycles. The number of nitrogens with zero attached hydrogens (tertiary/aromatic N) is 3. The summed E-state index contributed by atoms with van der Waals surface area (Å²) < 4.78 is 50.6. The standard InChI is InChI=1S/C24H22FN5O5S/c1-4-36(32,33)30-21-10-15(12-26-23(21)34-2)14-5-8-20-18(9-14)22(28-13-27-20)29-16-6-7-19(25)17(11-16)24(31)35-3/h5-13,30H,4H2,1-3H3,(H,27,28,29). The van der Waals surface area contributed by atoms with Crippen LogP contribution in [0.4, 0.5) is 21.6 Å². The number of methoxy groups -OCH3 is 2. The maximum absolute atomic E-state index is 14.0. The van der Waals surface area contributed by atoms with Crippen LogP contribution in [-0.4, -0.2) is 49.3 Å². The van der Waals surface area contributed by atoms with Crippen molar-refractivity contribution in [2.75, 3.05) is 30.0 Å². The number of aromatic nitrogens is 3. The van der Waals surface area contributed by atoms with Gasteiger partial charge in [-0.1, -0.05) is 6.07 Å². The van der Waals surface area contributed by atoms with Crippen LogP contribution in [0.5, 0.6) is 5.88 Å². The first-order valence-corrected chi connectivity index (χ1v) is 12.3. The van der Waals surface area contributed by atoms with Crippen LogP contribution in [0.3, 0.4) is 0 Å². The van der Waals surface area contributed by atoms with E-state index in [0.29, 0.717) is 33.5 Å². The summed E-state index contributed by atoms with van der Waals surface area (Å²) >= 11 is 0. The monoisotopic (exact) mass is 511 g/mol. The van der Waals surface area contributed by atoms with Gasteiger partial charge in [-0.25, -0.2) is 32.6 Å². The van der Waals surface area contributed by atoms with Crippen molar-refractivity contribution in [1.29, 1.82) is 0 Å². The molecule has 0 saturated heterocycles. The Balaban J connectivity index is 1.75. The van der Waals surface area contributed by atoms with Crippen LogP contribution in [0.1, 0.15) is 17.3 Å². The number of pyridine rings is 1. The third-order valence-corrected chi connectivity index (χ3v) is 6.58. The van der Waals surface area contributed by atoms with Crippen LogP contribution in [0.15, 0.2) is 55.0 Å². The molecule has 0 spiro atoms. The minimum Gasteiger partial charge on any atom is -0.480 e. The third kappa shape index (κ3) is 5.18. The van der Waals surface area contributed by atoms with E-state index in [0.717, 1.165) is 6.07 Å². The molecule has 0 unspecified atom stereocenters. The molecule has 0 bridgehead atoms. The second kappa shape index (κ2) is 10.1. The van der Waals surface area contributed by atoms with Gasteiger partial charge in [-0.05, 0) is 48.9 Å². The van der Waals surface area contributed by atoms with Crippen LogP contribution >= 0.6 is 0 Å². The number of nitrogens with one attached hydrogen (secondary N) is 2. The number of anilines is 3. The first kappa shape index (κ1) is 24.8. The van der Waals surface area contributed by atoms with Crippen molar-refractivity contribution in [3.8, 4) is 17.0 Å². The summed E-state index contributed by atoms with van der Waals surface area (Å²) in [6, 6.07) is 11.0. The molecule has 2 N–H and O–H groups in total. The zero-order chi connectivity index (χ0) is 25.9. The number of halogens is 1. The Morgan fingerprint density at radius 1 is 1.03 bits per heavy atom. The van der Waals surface area contributed by atoms with Crippen molar-refractivity contribution >= 4 is 44.1 Å². The lowest BCUT2D eigenvalue weighted by Gasteiger charge is -2.13. The van der Waals surface area contributed by atoms with E-state index in [1.165, 1.54) is 39.6 Å². The maximum Gasteiger partial charge on any atom is 0.340 e. The number of hydrogen-bond donors (Lipinski definition) is 2. The molecule has 10 nitrogen and oxygen atoms in total. The fraction of sp³-hybridized carbons (Fsp3) is 0.167. The van der Waals surface area contributed by atoms with Gasteiger partial charge in [0.05, 0.1) is 31.1 Å². The lowest BCUT2D eigenvalue weighted by molar-refractivity contribution is 0.0595. The van der Waals surface area contributed by atoms with Crippen molar-refractivity contribution < 1.29 is 27.1 Å². The summed E-state index contributed by atoms with van der Waals surface area (Å²) in [7, 11) is -0.979. The molecule has 0 fully saturated rings. The molecule has 186 valence electrons. The average Bonchev–Trinajstić information content (AvgIpc) is 2.89. The first-order chi connectivity index (χ1) is 17.2. The summed E-state index contributed by atoms with van der Waals surface area (Å²) in [5.74, 6) is -1.06. The minimum absolute atomic E-state index is 0.107. The predicted octanol–water partition coefficient (Wildman–Crippen LogP) is 4.13. The van der Waals surface area contributed by atoms with Gasteiger partial charge in [-0.3, -0.25) is 4.72 Å². The van der Waals surface area contributed by atoms with Gasteiger partial charge < -0.3 is 14.8 Å². The molecule has 0 aliphatic carbocycles. The number of ether oxygens (including phenoxy) is 2. The second-order valence-electron chi connectivity index (χ2n) is 7.55. The number of fused-ring (bicyclic) bond motifs is 1. The van der Waals surface area contributed by atoms with E-state index in [9.17, 15) is 17.6 Å². The van der Waals surface area contributed by atoms with E-state index in [1.807, 2.05) is 12.1 Å². The molecule has 4 rings (SSSR count). The van der Waals surface area contributed by atoms with Gasteiger partial charge in [0.2, 0.25) is 15.9 Å². The summed E-state index contributed by atoms with van der Waals surface area (Å²) in [5, 5.41) is 3.72. The van der Waals surface area contributed by atoms with Gasteiger partial charge >= 0.3 is 5.97 Å². The fourth-order valence-electron chi connectivity index (χ4n) is 3.43. The average molecular weight is 512 g/mol. The van der Waals surface area contributed by atoms with Gasteiger partial charge in [0, 0.05) is 22.8 Å². The van der Waals surface area contributed by atoms with Crippen LogP contribution < -0.4 is 14.8 Å². The van der Waals surface area contributed by atoms with Crippen LogP contribution in [0.2, 0.25) is 0 Å². The topological polar surface area (TPSA) is 132 Å². The largest absolute Gasteiger partial charge is 0.480 e. The Morgan fingerprint density at radius 2 is 1.83 bits per heavy atom. The molecule has 0 radical (unpaired) electrons. The number of hydrogen-bond acceptors (Lipinski definition) is 9. The Hall–Kier alpha value is -4.32. The predicted molar refractivity (Wildman–Crippen MR) is 133 cm³/mol. The number of carbonyl (C=O) groups is 1. The van der Waals surface area contributed by atoms with E-state index in [-0.39, 0.29) is 22.9 Å². The molecule has 2 aromatic heterocycles. The molecule has 4 aromatic rings. The van der Waals surface area contributed by atoms with E-state index in [4.69, 9.17) is 4.74 Å². The Morgan fingerprint density at radius 3 is 2.56 bits per heavy atom. The van der Waals surface area contributed by atoms with Crippen LogP contribution in [-0.2, 0) is 14.8 Å². The summed E-state index contributed by atoms with van der Waals surface area (Å²) in [5.41, 5.74) is 2.37. The number of benzene rings is 2. The number of sulfonamides is 1. The van der Waals surface area contributed by atoms with E-state index in [1.54, 1.807) is 18.3 Å². The van der Waals surface area contributed by atoms with Gasteiger partial charge in [0.25, 0.3) is 0 Å². The Kier molecular flexibility index (Phi) is 6.97. The van der Waals surface area contributed by atoms with Crippen molar-refractivity contribution in [3.63, 3.8) is 0 Å². The first-order valence-electron chi connectivity index (χ1n) is 10.7. The van der Waals surface area contributed by atoms with Crippen molar-refractivity contribution in [2.45, 2.75) is 6.92 Å². The normalized spacial score (nSPS) is 11.2. The molecule has 0 atom stereocenters. The minimum atomic E-state index is -3.55. The molecule has 2 heterocycles.